The first-order chi connectivity index (χ1) is 9.16. The normalized spacial score (nSPS) is 11.2. The molecule has 0 fully saturated rings. The van der Waals surface area contributed by atoms with Crippen LogP contribution in [0.15, 0.2) is 6.33 Å². The highest BCUT2D eigenvalue weighted by molar-refractivity contribution is 8.00. The van der Waals surface area contributed by atoms with Crippen molar-refractivity contribution in [2.75, 3.05) is 30.7 Å². The summed E-state index contributed by atoms with van der Waals surface area (Å²) in [5.74, 6) is 7.07. The van der Waals surface area contributed by atoms with Gasteiger partial charge in [0.25, 0.3) is 0 Å². The lowest BCUT2D eigenvalue weighted by Gasteiger charge is -2.30. The highest BCUT2D eigenvalue weighted by Gasteiger charge is 2.25. The number of anilines is 2. The van der Waals surface area contributed by atoms with E-state index in [4.69, 9.17) is 10.6 Å². The molecule has 6 nitrogen and oxygen atoms in total. The highest BCUT2D eigenvalue weighted by atomic mass is 32.2. The van der Waals surface area contributed by atoms with Crippen LogP contribution in [0.5, 0.6) is 5.75 Å². The van der Waals surface area contributed by atoms with Crippen molar-refractivity contribution < 1.29 is 4.74 Å². The number of nitrogens with zero attached hydrogens (tertiary/aromatic N) is 2. The molecule has 7 heteroatoms. The number of hydrazine groups is 1. The summed E-state index contributed by atoms with van der Waals surface area (Å²) < 4.78 is 5.50. The Balaban J connectivity index is 2.88. The molecule has 0 aromatic carbocycles. The van der Waals surface area contributed by atoms with Gasteiger partial charge in [0.2, 0.25) is 5.75 Å². The lowest BCUT2D eigenvalue weighted by atomic mass is 10.0. The molecule has 1 rings (SSSR count). The molecule has 1 aromatic rings. The van der Waals surface area contributed by atoms with Crippen LogP contribution < -0.4 is 21.3 Å². The quantitative estimate of drug-likeness (QED) is 0.498. The fraction of sp³-hybridized carbons (Fsp3) is 0.667. The first-order valence-corrected chi connectivity index (χ1v) is 7.53. The fourth-order valence-electron chi connectivity index (χ4n) is 1.90. The molecule has 1 heterocycles. The molecule has 1 aromatic heterocycles. The third-order valence-electron chi connectivity index (χ3n) is 3.44. The Morgan fingerprint density at radius 1 is 1.32 bits per heavy atom. The number of hydrogen-bond donors (Lipinski definition) is 3. The van der Waals surface area contributed by atoms with Gasteiger partial charge >= 0.3 is 0 Å². The zero-order chi connectivity index (χ0) is 14.3. The molecule has 0 saturated carbocycles. The molecule has 19 heavy (non-hydrogen) atoms. The number of nitrogens with two attached hydrogens (primary N) is 1. The zero-order valence-electron chi connectivity index (χ0n) is 12.0. The Bertz CT molecular complexity index is 389. The summed E-state index contributed by atoms with van der Waals surface area (Å²) in [5, 5.41) is 3.34. The first-order valence-electron chi connectivity index (χ1n) is 6.31. The molecule has 0 aliphatic carbocycles. The van der Waals surface area contributed by atoms with Crippen LogP contribution in [-0.2, 0) is 0 Å². The summed E-state index contributed by atoms with van der Waals surface area (Å²) in [4.78, 5) is 8.23. The van der Waals surface area contributed by atoms with Gasteiger partial charge in [0.05, 0.1) is 7.11 Å². The van der Waals surface area contributed by atoms with Crippen molar-refractivity contribution >= 4 is 23.4 Å². The van der Waals surface area contributed by atoms with Crippen molar-refractivity contribution in [3.8, 4) is 5.75 Å². The number of nitrogens with one attached hydrogen (secondary N) is 2. The number of hydrogen-bond acceptors (Lipinski definition) is 7. The molecule has 0 amide bonds. The van der Waals surface area contributed by atoms with E-state index < -0.39 is 0 Å². The summed E-state index contributed by atoms with van der Waals surface area (Å²) in [6, 6.07) is 0. The summed E-state index contributed by atoms with van der Waals surface area (Å²) in [7, 11) is 1.58. The monoisotopic (exact) mass is 285 g/mol. The van der Waals surface area contributed by atoms with Crippen LogP contribution in [0.1, 0.15) is 26.7 Å². The van der Waals surface area contributed by atoms with Crippen LogP contribution >= 0.6 is 11.8 Å². The molecule has 0 atom stereocenters. The predicted octanol–water partition coefficient (Wildman–Crippen LogP) is 2.10. The van der Waals surface area contributed by atoms with Gasteiger partial charge in [0, 0.05) is 11.3 Å². The van der Waals surface area contributed by atoms with Crippen LogP contribution in [-0.4, -0.2) is 34.6 Å². The van der Waals surface area contributed by atoms with Crippen LogP contribution in [0, 0.1) is 0 Å². The van der Waals surface area contributed by atoms with Crippen molar-refractivity contribution in [3.05, 3.63) is 6.33 Å². The summed E-state index contributed by atoms with van der Waals surface area (Å²) in [5.41, 5.74) is 2.50. The Kier molecular flexibility index (Phi) is 6.17. The largest absolute Gasteiger partial charge is 0.490 e. The van der Waals surface area contributed by atoms with E-state index in [0.29, 0.717) is 17.4 Å². The van der Waals surface area contributed by atoms with Gasteiger partial charge in [-0.15, -0.1) is 0 Å². The smallest absolute Gasteiger partial charge is 0.205 e. The first kappa shape index (κ1) is 15.8. The van der Waals surface area contributed by atoms with Gasteiger partial charge in [-0.05, 0) is 19.1 Å². The van der Waals surface area contributed by atoms with E-state index in [1.807, 2.05) is 11.8 Å². The second-order valence-corrected chi connectivity index (χ2v) is 5.47. The molecule has 0 aliphatic rings. The van der Waals surface area contributed by atoms with Crippen molar-refractivity contribution in [2.45, 2.75) is 31.4 Å². The maximum atomic E-state index is 5.40. The van der Waals surface area contributed by atoms with E-state index >= 15 is 0 Å². The standard InChI is InChI=1S/C12H23N5OS/c1-5-12(6-2,19-4)7-14-10-9(18-3)11(17-13)16-8-15-10/h8H,5-7,13H2,1-4H3,(H2,14,15,16,17). The number of ether oxygens (including phenoxy) is 1. The van der Waals surface area contributed by atoms with Gasteiger partial charge in [-0.3, -0.25) is 0 Å². The summed E-state index contributed by atoms with van der Waals surface area (Å²) in [6.07, 6.45) is 5.78. The molecular formula is C12H23N5OS. The maximum absolute atomic E-state index is 5.40. The number of nitrogen functional groups attached to an aromatic ring is 1. The Hall–Kier alpha value is -1.21. The maximum Gasteiger partial charge on any atom is 0.205 e. The highest BCUT2D eigenvalue weighted by Crippen LogP contribution is 2.33. The van der Waals surface area contributed by atoms with Gasteiger partial charge in [0.1, 0.15) is 6.33 Å². The van der Waals surface area contributed by atoms with Gasteiger partial charge in [0.15, 0.2) is 11.6 Å². The lowest BCUT2D eigenvalue weighted by Crippen LogP contribution is -2.32. The van der Waals surface area contributed by atoms with E-state index in [2.05, 4.69) is 40.8 Å². The van der Waals surface area contributed by atoms with Crippen LogP contribution in [0.4, 0.5) is 11.6 Å². The average Bonchev–Trinajstić information content (AvgIpc) is 2.48. The second kappa shape index (κ2) is 7.40. The van der Waals surface area contributed by atoms with E-state index in [1.54, 1.807) is 7.11 Å². The van der Waals surface area contributed by atoms with Crippen LogP contribution in [0.2, 0.25) is 0 Å². The van der Waals surface area contributed by atoms with Crippen LogP contribution in [0.25, 0.3) is 0 Å². The molecule has 108 valence electrons. The van der Waals surface area contributed by atoms with Gasteiger partial charge in [-0.25, -0.2) is 15.8 Å². The minimum Gasteiger partial charge on any atom is -0.490 e. The number of thioether (sulfide) groups is 1. The molecule has 0 bridgehead atoms. The minimum absolute atomic E-state index is 0.201. The molecule has 0 spiro atoms. The van der Waals surface area contributed by atoms with E-state index in [1.165, 1.54) is 6.33 Å². The Morgan fingerprint density at radius 3 is 2.42 bits per heavy atom. The van der Waals surface area contributed by atoms with Crippen LogP contribution in [0.3, 0.4) is 0 Å². The van der Waals surface area contributed by atoms with Crippen molar-refractivity contribution in [3.63, 3.8) is 0 Å². The number of rotatable bonds is 8. The molecular weight excluding hydrogens is 262 g/mol. The van der Waals surface area contributed by atoms with E-state index in [0.717, 1.165) is 19.4 Å². The third-order valence-corrected chi connectivity index (χ3v) is 5.03. The molecule has 0 radical (unpaired) electrons. The van der Waals surface area contributed by atoms with Crippen molar-refractivity contribution in [1.82, 2.24) is 9.97 Å². The predicted molar refractivity (Wildman–Crippen MR) is 81.7 cm³/mol. The third kappa shape index (κ3) is 3.63. The summed E-state index contributed by atoms with van der Waals surface area (Å²) in [6.45, 7) is 5.22. The van der Waals surface area contributed by atoms with Gasteiger partial charge in [-0.1, -0.05) is 13.8 Å². The minimum atomic E-state index is 0.201. The number of aromatic nitrogens is 2. The SMILES string of the molecule is CCC(CC)(CNc1ncnc(NN)c1OC)SC. The van der Waals surface area contributed by atoms with E-state index in [9.17, 15) is 0 Å². The molecule has 0 saturated heterocycles. The van der Waals surface area contributed by atoms with Crippen molar-refractivity contribution in [1.29, 1.82) is 0 Å². The topological polar surface area (TPSA) is 85.1 Å². The molecule has 0 aliphatic heterocycles. The molecule has 0 unspecified atom stereocenters. The Labute approximate surface area is 118 Å². The number of methoxy groups -OCH3 is 1. The molecule has 4 N–H and O–H groups in total. The second-order valence-electron chi connectivity index (χ2n) is 4.20. The fourth-order valence-corrected chi connectivity index (χ4v) is 2.70. The van der Waals surface area contributed by atoms with Crippen molar-refractivity contribution in [2.24, 2.45) is 5.84 Å². The van der Waals surface area contributed by atoms with Gasteiger partial charge < -0.3 is 15.5 Å². The zero-order valence-corrected chi connectivity index (χ0v) is 12.8. The Morgan fingerprint density at radius 2 is 1.95 bits per heavy atom. The summed E-state index contributed by atoms with van der Waals surface area (Å²) >= 11 is 1.87. The lowest BCUT2D eigenvalue weighted by molar-refractivity contribution is 0.414. The average molecular weight is 285 g/mol. The van der Waals surface area contributed by atoms with E-state index in [-0.39, 0.29) is 4.75 Å². The van der Waals surface area contributed by atoms with Gasteiger partial charge in [-0.2, -0.15) is 11.8 Å².